The molecule has 696 valence electrons. The van der Waals surface area contributed by atoms with E-state index in [4.69, 9.17) is 0 Å². The minimum Gasteiger partial charge on any atom is -0.380 e. The van der Waals surface area contributed by atoms with Crippen LogP contribution in [0.4, 0.5) is 0 Å². The Morgan fingerprint density at radius 2 is 0.619 bits per heavy atom. The number of benzene rings is 12. The van der Waals surface area contributed by atoms with E-state index < -0.39 is 0 Å². The monoisotopic (exact) mass is 2340 g/mol. The average molecular weight is 2340 g/mol. The second-order valence-corrected chi connectivity index (χ2v) is 35.1. The topological polar surface area (TPSA) is 105 Å². The Morgan fingerprint density at radius 1 is 0.259 bits per heavy atom. The van der Waals surface area contributed by atoms with Crippen LogP contribution in [0.5, 0.6) is 0 Å². The molecule has 2 radical (unpaired) electrons. The normalized spacial score (nSPS) is 10.7. The van der Waals surface area contributed by atoms with Crippen LogP contribution in [0.25, 0.3) is 166 Å². The number of pyridine rings is 7. The molecule has 0 saturated heterocycles. The van der Waals surface area contributed by atoms with Crippen molar-refractivity contribution in [2.24, 2.45) is 17.8 Å². The predicted molar refractivity (Wildman–Crippen MR) is 567 cm³/mol. The molecule has 0 saturated carbocycles. The summed E-state index contributed by atoms with van der Waals surface area (Å²) < 4.78 is 7.28. The van der Waals surface area contributed by atoms with Gasteiger partial charge in [-0.3, -0.25) is 0 Å². The summed E-state index contributed by atoms with van der Waals surface area (Å²) in [5.41, 5.74) is 32.9. The van der Waals surface area contributed by atoms with Gasteiger partial charge in [0.15, 0.2) is 0 Å². The van der Waals surface area contributed by atoms with Gasteiger partial charge in [0.2, 0.25) is 0 Å². The minimum atomic E-state index is 0. The number of nitrogens with zero attached hydrogens (tertiary/aromatic N) is 10. The van der Waals surface area contributed by atoms with E-state index >= 15 is 0 Å². The van der Waals surface area contributed by atoms with Gasteiger partial charge in [-0.15, -0.1) is 215 Å². The number of aromatic nitrogens is 10. The first-order valence-electron chi connectivity index (χ1n) is 47.0. The molecule has 10 aromatic heterocycles. The zero-order chi connectivity index (χ0) is 94.1. The molecule has 12 aromatic carbocycles. The summed E-state index contributed by atoms with van der Waals surface area (Å²) in [6.45, 7) is 27.1. The smallest absolute Gasteiger partial charge is 0.380 e. The molecule has 0 spiro atoms. The fourth-order valence-corrected chi connectivity index (χ4v) is 16.9. The zero-order valence-corrected chi connectivity index (χ0v) is 87.5. The molecule has 22 rings (SSSR count). The quantitative estimate of drug-likeness (QED) is 0.0836. The van der Waals surface area contributed by atoms with E-state index in [0.717, 1.165) is 111 Å². The molecule has 0 aliphatic heterocycles. The molecule has 13 heteroatoms. The number of rotatable bonds is 17. The number of fused-ring (bicyclic) bond motifs is 9. The summed E-state index contributed by atoms with van der Waals surface area (Å²) in [6, 6.07) is 143. The summed E-state index contributed by atoms with van der Waals surface area (Å²) in [7, 11) is 0. The van der Waals surface area contributed by atoms with Gasteiger partial charge in [0.25, 0.3) is 0 Å². The van der Waals surface area contributed by atoms with Crippen molar-refractivity contribution in [2.75, 3.05) is 0 Å². The number of hydrogen-bond donors (Lipinski definition) is 0. The summed E-state index contributed by atoms with van der Waals surface area (Å²) in [5.74, 6) is 1.76. The Bertz CT molecular complexity index is 7300. The number of para-hydroxylation sites is 3. The van der Waals surface area contributed by atoms with E-state index in [-0.39, 0.29) is 60.3 Å². The molecule has 10 heterocycles. The van der Waals surface area contributed by atoms with Crippen molar-refractivity contribution in [1.82, 2.24) is 48.6 Å². The predicted octanol–water partition coefficient (Wildman–Crippen LogP) is 31.5. The number of hydrogen-bond acceptors (Lipinski definition) is 7. The first kappa shape index (κ1) is 102. The Hall–Kier alpha value is -14.0. The van der Waals surface area contributed by atoms with Crippen LogP contribution in [0, 0.1) is 81.0 Å². The molecule has 0 fully saturated rings. The van der Waals surface area contributed by atoms with E-state index in [1.165, 1.54) is 115 Å². The standard InChI is InChI=1S/3C22H21N2.2C19H16N.2C11H8N.3Ir/c1-15(2)14-24-21-10-5-4-7-17(21)18-8-6-9-19(22(18)24)20-12-11-16(3)13-23-20;1-15(2)14-24-21-7-5-4-6-18(21)19-10-9-17(12-22(19)24)20-11-8-16(3)13-23-20;1-15(2)14-24-21-7-5-4-6-18(21)19-12-17(9-11-22(19)24)20-10-8-16(3)13-23-20;2*1-2-15-13-19(17-11-7-4-8-12-17)20-14-18(15)16-9-5-3-6-10-16;2*1-2-6-10(7-3-1)11-8-4-5-9-12-11;;;/h3*4-8,10-13,15H,14H2,1-3H3;2*3-11,13-14H,2H2,1H3;2*1-6,8-9H;;;/q7*-1;;;+3. The van der Waals surface area contributed by atoms with Crippen molar-refractivity contribution >= 4 is 65.4 Å². The molecule has 0 aliphatic carbocycles. The van der Waals surface area contributed by atoms with Crippen molar-refractivity contribution in [3.63, 3.8) is 0 Å². The fourth-order valence-electron chi connectivity index (χ4n) is 16.9. The van der Waals surface area contributed by atoms with Crippen LogP contribution in [-0.4, -0.2) is 48.6 Å². The third-order valence-corrected chi connectivity index (χ3v) is 23.5. The van der Waals surface area contributed by atoms with Gasteiger partial charge in [-0.25, -0.2) is 0 Å². The van der Waals surface area contributed by atoms with Crippen LogP contribution in [0.1, 0.15) is 83.2 Å². The van der Waals surface area contributed by atoms with Gasteiger partial charge in [0, 0.05) is 131 Å². The van der Waals surface area contributed by atoms with Crippen LogP contribution in [0.15, 0.2) is 395 Å². The zero-order valence-electron chi connectivity index (χ0n) is 80.3. The van der Waals surface area contributed by atoms with Crippen molar-refractivity contribution in [3.05, 3.63) is 466 Å². The van der Waals surface area contributed by atoms with Gasteiger partial charge in [-0.2, -0.15) is 0 Å². The van der Waals surface area contributed by atoms with Crippen LogP contribution in [0.2, 0.25) is 0 Å². The van der Waals surface area contributed by atoms with Crippen LogP contribution >= 0.6 is 0 Å². The first-order valence-corrected chi connectivity index (χ1v) is 47.0. The SMILES string of the molecule is CCc1cc(-c2[c-]cccc2)ncc1-c1ccccc1.CCc1cc(-c2[c-]cccc2)ncc1-c1ccccc1.Cc1ccc(-c2[c-]cc3c(c2)c2ccccc2n3CC(C)C)nc1.Cc1ccc(-c2[c-]cc3c4ccccc4n(CC(C)C)c3c2)nc1.Cc1ccc(-c2[c-]ccc3c4ccccc4n(CC(C)C)c23)nc1.[Ir+3].[Ir].[Ir].[c-]1ccccc1-c1ccccn1.[c-]1ccccc1-c1ccccn1. The van der Waals surface area contributed by atoms with E-state index in [9.17, 15) is 0 Å². The van der Waals surface area contributed by atoms with Gasteiger partial charge in [-0.1, -0.05) is 260 Å². The largest absolute Gasteiger partial charge is 3.00 e. The Labute approximate surface area is 860 Å². The van der Waals surface area contributed by atoms with Crippen LogP contribution in [0.3, 0.4) is 0 Å². The van der Waals surface area contributed by atoms with E-state index in [1.54, 1.807) is 12.4 Å². The molecular formula is C126H111Ir3N10-4. The maximum absolute atomic E-state index is 4.64. The van der Waals surface area contributed by atoms with Crippen LogP contribution < -0.4 is 0 Å². The molecule has 0 N–H and O–H groups in total. The Morgan fingerprint density at radius 3 is 1.03 bits per heavy atom. The van der Waals surface area contributed by atoms with Gasteiger partial charge >= 0.3 is 20.1 Å². The molecule has 0 atom stereocenters. The molecule has 22 aromatic rings. The van der Waals surface area contributed by atoms with E-state index in [1.807, 2.05) is 183 Å². The van der Waals surface area contributed by atoms with Crippen LogP contribution in [-0.2, 0) is 92.8 Å². The second kappa shape index (κ2) is 50.4. The third kappa shape index (κ3) is 25.9. The average Bonchev–Trinajstić information content (AvgIpc) is 1.62. The summed E-state index contributed by atoms with van der Waals surface area (Å²) >= 11 is 0. The van der Waals surface area contributed by atoms with Gasteiger partial charge in [-0.05, 0) is 193 Å². The molecule has 0 aliphatic rings. The Kier molecular flexibility index (Phi) is 37.1. The second-order valence-electron chi connectivity index (χ2n) is 35.1. The van der Waals surface area contributed by atoms with Crippen molar-refractivity contribution < 1.29 is 60.3 Å². The number of aryl methyl sites for hydroxylation is 5. The van der Waals surface area contributed by atoms with Crippen molar-refractivity contribution in [1.29, 1.82) is 0 Å². The van der Waals surface area contributed by atoms with E-state index in [0.29, 0.717) is 17.8 Å². The molecule has 0 amide bonds. The summed E-state index contributed by atoms with van der Waals surface area (Å²) in [5, 5.41) is 7.73. The van der Waals surface area contributed by atoms with Gasteiger partial charge in [0.1, 0.15) is 0 Å². The maximum Gasteiger partial charge on any atom is 3.00 e. The first-order chi connectivity index (χ1) is 66.6. The third-order valence-electron chi connectivity index (χ3n) is 23.5. The van der Waals surface area contributed by atoms with Crippen molar-refractivity contribution in [2.45, 2.75) is 109 Å². The molecule has 0 bridgehead atoms. The van der Waals surface area contributed by atoms with Gasteiger partial charge in [0.05, 0.1) is 0 Å². The Balaban J connectivity index is 0.000000138. The minimum absolute atomic E-state index is 0. The van der Waals surface area contributed by atoms with E-state index in [2.05, 4.69) is 367 Å². The molecule has 139 heavy (non-hydrogen) atoms. The fraction of sp³-hybridized carbons (Fsp3) is 0.151. The van der Waals surface area contributed by atoms with Crippen molar-refractivity contribution in [3.8, 4) is 101 Å². The molecular weight excluding hydrogens is 2230 g/mol. The summed E-state index contributed by atoms with van der Waals surface area (Å²) in [6.07, 6.45) is 15.3. The molecule has 10 nitrogen and oxygen atoms in total. The summed E-state index contributed by atoms with van der Waals surface area (Å²) in [4.78, 5) is 31.4. The molecule has 0 unspecified atom stereocenters. The van der Waals surface area contributed by atoms with Gasteiger partial charge < -0.3 is 48.6 Å². The maximum atomic E-state index is 4.64.